The zero-order valence-corrected chi connectivity index (χ0v) is 11.1. The van der Waals surface area contributed by atoms with Gasteiger partial charge >= 0.3 is 6.03 Å². The molecule has 0 aromatic carbocycles. The van der Waals surface area contributed by atoms with Gasteiger partial charge in [-0.05, 0) is 32.4 Å². The second-order valence-corrected chi connectivity index (χ2v) is 5.09. The van der Waals surface area contributed by atoms with Crippen LogP contribution in [0.15, 0.2) is 0 Å². The van der Waals surface area contributed by atoms with Crippen LogP contribution in [0.1, 0.15) is 19.3 Å². The largest absolute Gasteiger partial charge is 0.379 e. The number of nitrogens with two attached hydrogens (primary N) is 1. The first-order chi connectivity index (χ1) is 9.16. The summed E-state index contributed by atoms with van der Waals surface area (Å²) in [6, 6.07) is -0.0816. The van der Waals surface area contributed by atoms with Crippen LogP contribution in [0.2, 0.25) is 0 Å². The van der Waals surface area contributed by atoms with Gasteiger partial charge in [0.15, 0.2) is 0 Å². The molecule has 2 rings (SSSR count). The zero-order chi connectivity index (χ0) is 13.7. The highest BCUT2D eigenvalue weighted by molar-refractivity contribution is 5.83. The number of hydrogen-bond acceptors (Lipinski definition) is 4. The van der Waals surface area contributed by atoms with Crippen molar-refractivity contribution < 1.29 is 14.3 Å². The van der Waals surface area contributed by atoms with Gasteiger partial charge in [-0.2, -0.15) is 0 Å². The van der Waals surface area contributed by atoms with Gasteiger partial charge in [-0.15, -0.1) is 0 Å². The first kappa shape index (κ1) is 14.1. The predicted octanol–water partition coefficient (Wildman–Crippen LogP) is -0.976. The van der Waals surface area contributed by atoms with Gasteiger partial charge in [0.1, 0.15) is 6.54 Å². The minimum atomic E-state index is -0.476. The minimum Gasteiger partial charge on any atom is -0.379 e. The minimum absolute atomic E-state index is 0.0237. The monoisotopic (exact) mass is 270 g/mol. The molecule has 3 amide bonds. The molecule has 2 fully saturated rings. The number of primary amides is 1. The molecule has 0 spiro atoms. The predicted molar refractivity (Wildman–Crippen MR) is 69.5 cm³/mol. The highest BCUT2D eigenvalue weighted by Gasteiger charge is 2.28. The number of carbonyl (C=O) groups is 2. The quantitative estimate of drug-likeness (QED) is 0.612. The molecular formula is C12H22N4O3. The normalized spacial score (nSPS) is 24.1. The summed E-state index contributed by atoms with van der Waals surface area (Å²) in [5.74, 6) is -0.476. The van der Waals surface area contributed by atoms with E-state index in [2.05, 4.69) is 10.6 Å². The van der Waals surface area contributed by atoms with E-state index in [0.717, 1.165) is 32.4 Å². The average Bonchev–Trinajstić information content (AvgIpc) is 2.89. The van der Waals surface area contributed by atoms with Gasteiger partial charge < -0.3 is 26.0 Å². The molecule has 2 aliphatic heterocycles. The summed E-state index contributed by atoms with van der Waals surface area (Å²) in [6.45, 7) is 2.92. The lowest BCUT2D eigenvalue weighted by Crippen LogP contribution is -2.54. The topological polar surface area (TPSA) is 96.7 Å². The van der Waals surface area contributed by atoms with Crippen LogP contribution in [-0.2, 0) is 9.53 Å². The summed E-state index contributed by atoms with van der Waals surface area (Å²) in [4.78, 5) is 25.0. The van der Waals surface area contributed by atoms with E-state index in [9.17, 15) is 9.59 Å². The third-order valence-electron chi connectivity index (χ3n) is 3.59. The fraction of sp³-hybridized carbons (Fsp3) is 0.833. The summed E-state index contributed by atoms with van der Waals surface area (Å²) >= 11 is 0. The zero-order valence-electron chi connectivity index (χ0n) is 11.1. The van der Waals surface area contributed by atoms with E-state index < -0.39 is 5.91 Å². The smallest absolute Gasteiger partial charge is 0.318 e. The highest BCUT2D eigenvalue weighted by atomic mass is 16.5. The van der Waals surface area contributed by atoms with E-state index in [1.54, 1.807) is 4.90 Å². The lowest BCUT2D eigenvalue weighted by Gasteiger charge is -2.34. The lowest BCUT2D eigenvalue weighted by molar-refractivity contribution is -0.119. The number of urea groups is 1. The average molecular weight is 270 g/mol. The third kappa shape index (κ3) is 4.07. The van der Waals surface area contributed by atoms with Gasteiger partial charge in [-0.25, -0.2) is 4.79 Å². The Morgan fingerprint density at radius 2 is 2.05 bits per heavy atom. The first-order valence-corrected chi connectivity index (χ1v) is 6.80. The Balaban J connectivity index is 1.94. The van der Waals surface area contributed by atoms with Crippen molar-refractivity contribution >= 4 is 11.9 Å². The maximum absolute atomic E-state index is 12.3. The lowest BCUT2D eigenvalue weighted by atomic mass is 10.1. The molecule has 0 saturated carbocycles. The number of carbonyl (C=O) groups excluding carboxylic acids is 2. The number of amides is 3. The van der Waals surface area contributed by atoms with Crippen LogP contribution in [0.25, 0.3) is 0 Å². The van der Waals surface area contributed by atoms with Crippen molar-refractivity contribution in [3.63, 3.8) is 0 Å². The Kier molecular flexibility index (Phi) is 4.98. The summed E-state index contributed by atoms with van der Waals surface area (Å²) in [5, 5.41) is 6.16. The van der Waals surface area contributed by atoms with Crippen molar-refractivity contribution in [1.82, 2.24) is 15.5 Å². The second kappa shape index (κ2) is 6.72. The Bertz CT molecular complexity index is 325. The van der Waals surface area contributed by atoms with Crippen LogP contribution in [0.3, 0.4) is 0 Å². The molecular weight excluding hydrogens is 248 g/mol. The van der Waals surface area contributed by atoms with Gasteiger partial charge in [0.2, 0.25) is 5.91 Å². The summed E-state index contributed by atoms with van der Waals surface area (Å²) in [5.41, 5.74) is 5.25. The van der Waals surface area contributed by atoms with Gasteiger partial charge in [-0.3, -0.25) is 4.79 Å². The van der Waals surface area contributed by atoms with Crippen molar-refractivity contribution in [1.29, 1.82) is 0 Å². The van der Waals surface area contributed by atoms with Crippen LogP contribution in [0.5, 0.6) is 0 Å². The summed E-state index contributed by atoms with van der Waals surface area (Å²) < 4.78 is 5.23. The molecule has 0 radical (unpaired) electrons. The standard InChI is InChI=1S/C12H22N4O3/c13-11(17)7-16(10-1-4-14-5-2-10)12(18)15-9-3-6-19-8-9/h9-10,14H,1-8H2,(H2,13,17)(H,15,18). The molecule has 1 atom stereocenters. The van der Waals surface area contributed by atoms with E-state index in [1.165, 1.54) is 0 Å². The van der Waals surface area contributed by atoms with Crippen molar-refractivity contribution in [2.75, 3.05) is 32.8 Å². The molecule has 2 heterocycles. The highest BCUT2D eigenvalue weighted by Crippen LogP contribution is 2.13. The molecule has 7 nitrogen and oxygen atoms in total. The Labute approximate surface area is 112 Å². The van der Waals surface area contributed by atoms with Crippen LogP contribution in [-0.4, -0.2) is 61.8 Å². The number of nitrogens with zero attached hydrogens (tertiary/aromatic N) is 1. The van der Waals surface area contributed by atoms with Gasteiger partial charge in [-0.1, -0.05) is 0 Å². The van der Waals surface area contributed by atoms with Gasteiger partial charge in [0.05, 0.1) is 12.6 Å². The molecule has 2 saturated heterocycles. The molecule has 1 unspecified atom stereocenters. The maximum Gasteiger partial charge on any atom is 0.318 e. The molecule has 0 aromatic rings. The van der Waals surface area contributed by atoms with Gasteiger partial charge in [0.25, 0.3) is 0 Å². The van der Waals surface area contributed by atoms with Crippen LogP contribution in [0.4, 0.5) is 4.79 Å². The van der Waals surface area contributed by atoms with E-state index in [0.29, 0.717) is 13.2 Å². The summed E-state index contributed by atoms with van der Waals surface area (Å²) in [6.07, 6.45) is 2.52. The van der Waals surface area contributed by atoms with Crippen molar-refractivity contribution in [3.8, 4) is 0 Å². The Morgan fingerprint density at radius 1 is 1.32 bits per heavy atom. The Hall–Kier alpha value is -1.34. The number of ether oxygens (including phenoxy) is 1. The molecule has 0 aromatic heterocycles. The fourth-order valence-corrected chi connectivity index (χ4v) is 2.56. The molecule has 2 aliphatic rings. The van der Waals surface area contributed by atoms with Crippen molar-refractivity contribution in [2.45, 2.75) is 31.3 Å². The number of hydrogen-bond donors (Lipinski definition) is 3. The molecule has 0 bridgehead atoms. The molecule has 108 valence electrons. The second-order valence-electron chi connectivity index (χ2n) is 5.09. The summed E-state index contributed by atoms with van der Waals surface area (Å²) in [7, 11) is 0. The molecule has 7 heteroatoms. The van der Waals surface area contributed by atoms with E-state index >= 15 is 0 Å². The van der Waals surface area contributed by atoms with Crippen LogP contribution < -0.4 is 16.4 Å². The fourth-order valence-electron chi connectivity index (χ4n) is 2.56. The maximum atomic E-state index is 12.3. The molecule has 19 heavy (non-hydrogen) atoms. The first-order valence-electron chi connectivity index (χ1n) is 6.80. The molecule has 0 aliphatic carbocycles. The van der Waals surface area contributed by atoms with Crippen LogP contribution in [0, 0.1) is 0 Å². The molecule has 4 N–H and O–H groups in total. The van der Waals surface area contributed by atoms with E-state index in [4.69, 9.17) is 10.5 Å². The Morgan fingerprint density at radius 3 is 2.63 bits per heavy atom. The van der Waals surface area contributed by atoms with E-state index in [1.807, 2.05) is 0 Å². The SMILES string of the molecule is NC(=O)CN(C(=O)NC1CCOC1)C1CCNCC1. The van der Waals surface area contributed by atoms with Crippen molar-refractivity contribution in [2.24, 2.45) is 5.73 Å². The van der Waals surface area contributed by atoms with Crippen LogP contribution >= 0.6 is 0 Å². The van der Waals surface area contributed by atoms with Gasteiger partial charge in [0, 0.05) is 12.6 Å². The third-order valence-corrected chi connectivity index (χ3v) is 3.59. The number of nitrogens with one attached hydrogen (secondary N) is 2. The van der Waals surface area contributed by atoms with E-state index in [-0.39, 0.29) is 24.7 Å². The number of piperidine rings is 1. The number of rotatable bonds is 4. The van der Waals surface area contributed by atoms with Crippen molar-refractivity contribution in [3.05, 3.63) is 0 Å².